The number of hydrogen-bond donors (Lipinski definition) is 2. The summed E-state index contributed by atoms with van der Waals surface area (Å²) in [5, 5.41) is 19.4. The van der Waals surface area contributed by atoms with Crippen molar-refractivity contribution in [1.29, 1.82) is 0 Å². The van der Waals surface area contributed by atoms with Crippen LogP contribution in [0.3, 0.4) is 0 Å². The molecule has 2 aromatic carbocycles. The molecule has 10 nitrogen and oxygen atoms in total. The first kappa shape index (κ1) is 29.8. The second-order valence-electron chi connectivity index (χ2n) is 11.9. The number of allylic oxidation sites excluding steroid dienone is 2. The molecule has 6 rings (SSSR count). The van der Waals surface area contributed by atoms with Gasteiger partial charge in [-0.1, -0.05) is 29.3 Å². The largest absolute Gasteiger partial charge is 0.504 e. The molecule has 1 saturated carbocycles. The molecule has 0 unspecified atom stereocenters. The highest BCUT2D eigenvalue weighted by atomic mass is 35.5. The number of carbonyl (C=O) groups excluding carboxylic acids is 4. The Morgan fingerprint density at radius 1 is 1.09 bits per heavy atom. The number of fused-ring (bicyclic) bond motifs is 4. The van der Waals surface area contributed by atoms with Gasteiger partial charge in [-0.3, -0.25) is 28.9 Å². The minimum atomic E-state index is -1.36. The number of aliphatic carboxylic acids is 1. The first-order valence-corrected chi connectivity index (χ1v) is 14.8. The second-order valence-corrected chi connectivity index (χ2v) is 12.3. The Kier molecular flexibility index (Phi) is 7.27. The molecule has 2 heterocycles. The summed E-state index contributed by atoms with van der Waals surface area (Å²) in [6.45, 7) is 3.47. The molecule has 4 amide bonds. The van der Waals surface area contributed by atoms with Gasteiger partial charge in [0.2, 0.25) is 23.6 Å². The van der Waals surface area contributed by atoms with Gasteiger partial charge in [-0.15, -0.1) is 0 Å². The predicted molar refractivity (Wildman–Crippen MR) is 154 cm³/mol. The maximum Gasteiger partial charge on any atom is 0.305 e. The third-order valence-corrected chi connectivity index (χ3v) is 9.98. The highest BCUT2D eigenvalue weighted by molar-refractivity contribution is 6.31. The Morgan fingerprint density at radius 2 is 1.84 bits per heavy atom. The summed E-state index contributed by atoms with van der Waals surface area (Å²) in [6, 6.07) is 8.33. The summed E-state index contributed by atoms with van der Waals surface area (Å²) in [5.41, 5.74) is 0.0537. The summed E-state index contributed by atoms with van der Waals surface area (Å²) in [7, 11) is 0. The molecule has 2 aliphatic carbocycles. The quantitative estimate of drug-likeness (QED) is 0.343. The summed E-state index contributed by atoms with van der Waals surface area (Å²) in [5.74, 6) is -7.57. The van der Waals surface area contributed by atoms with Crippen molar-refractivity contribution in [3.63, 3.8) is 0 Å². The molecule has 230 valence electrons. The number of aromatic hydroxyl groups is 1. The van der Waals surface area contributed by atoms with Crippen molar-refractivity contribution in [2.24, 2.45) is 29.1 Å². The number of carbonyl (C=O) groups is 5. The lowest BCUT2D eigenvalue weighted by Gasteiger charge is -2.49. The van der Waals surface area contributed by atoms with E-state index in [2.05, 4.69) is 0 Å². The van der Waals surface area contributed by atoms with Gasteiger partial charge in [-0.05, 0) is 68.5 Å². The Bertz CT molecular complexity index is 1660. The van der Waals surface area contributed by atoms with Crippen LogP contribution in [0.4, 0.5) is 10.1 Å². The van der Waals surface area contributed by atoms with Crippen molar-refractivity contribution in [3.05, 3.63) is 64.5 Å². The van der Waals surface area contributed by atoms with Crippen LogP contribution in [0.2, 0.25) is 5.02 Å². The predicted octanol–water partition coefficient (Wildman–Crippen LogP) is 4.29. The SMILES string of the molecule is CCOc1cc([C@H]2C3=CC[C@@H]4C(=O)N(CCC(=O)O)C(=O)[C@@H]4[C@@H]3C[C@H]3C(=O)N(c4ccc(F)c(Cl)c4)C(=O)[C@@]23C)ccc1O. The lowest BCUT2D eigenvalue weighted by Crippen LogP contribution is -2.48. The normalized spacial score (nSPS) is 29.4. The van der Waals surface area contributed by atoms with Crippen molar-refractivity contribution >= 4 is 46.9 Å². The van der Waals surface area contributed by atoms with Crippen molar-refractivity contribution in [2.75, 3.05) is 18.1 Å². The molecule has 0 bridgehead atoms. The molecule has 2 saturated heterocycles. The van der Waals surface area contributed by atoms with E-state index in [0.29, 0.717) is 5.56 Å². The number of carboxylic acids is 1. The summed E-state index contributed by atoms with van der Waals surface area (Å²) < 4.78 is 19.7. The molecule has 2 N–H and O–H groups in total. The van der Waals surface area contributed by atoms with Gasteiger partial charge in [0.05, 0.1) is 46.9 Å². The fourth-order valence-electron chi connectivity index (χ4n) is 7.74. The first-order valence-electron chi connectivity index (χ1n) is 14.5. The Hall–Kier alpha value is -4.25. The molecule has 0 radical (unpaired) electrons. The minimum absolute atomic E-state index is 0.0954. The minimum Gasteiger partial charge on any atom is -0.504 e. The average Bonchev–Trinajstić information content (AvgIpc) is 3.34. The highest BCUT2D eigenvalue weighted by Gasteiger charge is 2.67. The van der Waals surface area contributed by atoms with E-state index >= 15 is 0 Å². The smallest absolute Gasteiger partial charge is 0.305 e. The van der Waals surface area contributed by atoms with Gasteiger partial charge in [0.1, 0.15) is 5.82 Å². The number of carboxylic acid groups (broad SMARTS) is 1. The lowest BCUT2D eigenvalue weighted by molar-refractivity contribution is -0.142. The van der Waals surface area contributed by atoms with E-state index in [9.17, 15) is 38.6 Å². The number of imide groups is 2. The molecule has 6 atom stereocenters. The van der Waals surface area contributed by atoms with E-state index in [1.807, 2.05) is 6.08 Å². The number of phenols is 1. The number of nitrogens with zero attached hydrogens (tertiary/aromatic N) is 2. The van der Waals surface area contributed by atoms with E-state index in [-0.39, 0.29) is 54.6 Å². The lowest BCUT2D eigenvalue weighted by atomic mass is 9.51. The van der Waals surface area contributed by atoms with Crippen LogP contribution in [0.5, 0.6) is 11.5 Å². The number of hydrogen-bond acceptors (Lipinski definition) is 7. The Morgan fingerprint density at radius 3 is 2.52 bits per heavy atom. The van der Waals surface area contributed by atoms with Crippen LogP contribution in [0, 0.1) is 34.9 Å². The monoisotopic (exact) mass is 624 g/mol. The fourth-order valence-corrected chi connectivity index (χ4v) is 7.91. The van der Waals surface area contributed by atoms with Gasteiger partial charge in [0, 0.05) is 12.5 Å². The van der Waals surface area contributed by atoms with Crippen LogP contribution in [0.25, 0.3) is 0 Å². The molecule has 12 heteroatoms. The fraction of sp³-hybridized carbons (Fsp3) is 0.406. The van der Waals surface area contributed by atoms with E-state index in [1.54, 1.807) is 26.0 Å². The molecule has 0 spiro atoms. The van der Waals surface area contributed by atoms with Crippen LogP contribution < -0.4 is 9.64 Å². The van der Waals surface area contributed by atoms with E-state index < -0.39 is 70.4 Å². The maximum atomic E-state index is 14.4. The molecule has 2 aliphatic heterocycles. The molecule has 3 fully saturated rings. The molecule has 0 aromatic heterocycles. The first-order chi connectivity index (χ1) is 20.9. The third-order valence-electron chi connectivity index (χ3n) is 9.69. The van der Waals surface area contributed by atoms with Gasteiger partial charge in [0.25, 0.3) is 0 Å². The zero-order valence-corrected chi connectivity index (χ0v) is 24.7. The van der Waals surface area contributed by atoms with Crippen molar-refractivity contribution in [2.45, 2.75) is 39.0 Å². The Balaban J connectivity index is 1.49. The number of rotatable bonds is 7. The number of amides is 4. The van der Waals surface area contributed by atoms with Crippen LogP contribution in [0.15, 0.2) is 48.0 Å². The van der Waals surface area contributed by atoms with Crippen LogP contribution in [0.1, 0.15) is 44.6 Å². The number of benzene rings is 2. The standard InChI is InChI=1S/C32H30ClFN2O8/c1-3-44-24-12-15(4-9-23(24)37)27-17-6-7-18-26(30(42)35(28(18)40)11-10-25(38)39)19(17)14-20-29(41)36(31(43)32(20,27)2)16-5-8-22(34)21(33)13-16/h4-6,8-9,12-13,18-20,26-27,37H,3,7,10-11,14H2,1-2H3,(H,38,39)/t18-,19+,20-,26-,27-,32+/m0/s1. The molecular weight excluding hydrogens is 595 g/mol. The van der Waals surface area contributed by atoms with Crippen molar-refractivity contribution < 1.29 is 43.3 Å². The summed E-state index contributed by atoms with van der Waals surface area (Å²) >= 11 is 6.03. The van der Waals surface area contributed by atoms with Crippen LogP contribution in [-0.4, -0.2) is 57.9 Å². The van der Waals surface area contributed by atoms with Crippen LogP contribution in [-0.2, 0) is 24.0 Å². The second kappa shape index (κ2) is 10.7. The van der Waals surface area contributed by atoms with Crippen LogP contribution >= 0.6 is 11.6 Å². The van der Waals surface area contributed by atoms with Gasteiger partial charge in [-0.25, -0.2) is 9.29 Å². The maximum absolute atomic E-state index is 14.4. The van der Waals surface area contributed by atoms with Gasteiger partial charge in [0.15, 0.2) is 11.5 Å². The molecular formula is C32H30ClFN2O8. The number of likely N-dealkylation sites (tertiary alicyclic amines) is 1. The Labute approximate surface area is 257 Å². The van der Waals surface area contributed by atoms with Crippen molar-refractivity contribution in [3.8, 4) is 11.5 Å². The molecule has 44 heavy (non-hydrogen) atoms. The topological polar surface area (TPSA) is 142 Å². The van der Waals surface area contributed by atoms with Crippen molar-refractivity contribution in [1.82, 2.24) is 4.90 Å². The van der Waals surface area contributed by atoms with E-state index in [1.165, 1.54) is 18.2 Å². The molecule has 4 aliphatic rings. The third kappa shape index (κ3) is 4.31. The highest BCUT2D eigenvalue weighted by Crippen LogP contribution is 2.64. The zero-order valence-electron chi connectivity index (χ0n) is 24.0. The number of halogens is 2. The van der Waals surface area contributed by atoms with E-state index in [0.717, 1.165) is 21.4 Å². The number of anilines is 1. The van der Waals surface area contributed by atoms with E-state index in [4.69, 9.17) is 16.3 Å². The van der Waals surface area contributed by atoms with Gasteiger partial charge < -0.3 is 14.9 Å². The molecule has 2 aromatic rings. The summed E-state index contributed by atoms with van der Waals surface area (Å²) in [6.07, 6.45) is 1.78. The zero-order chi connectivity index (χ0) is 31.7. The summed E-state index contributed by atoms with van der Waals surface area (Å²) in [4.78, 5) is 68.9. The average molecular weight is 625 g/mol. The van der Waals surface area contributed by atoms with Gasteiger partial charge in [-0.2, -0.15) is 0 Å². The number of phenolic OH excluding ortho intramolecular Hbond substituents is 1. The van der Waals surface area contributed by atoms with Gasteiger partial charge >= 0.3 is 5.97 Å². The number of ether oxygens (including phenoxy) is 1.